The monoisotopic (exact) mass is 289 g/mol. The van der Waals surface area contributed by atoms with E-state index in [4.69, 9.17) is 0 Å². The lowest BCUT2D eigenvalue weighted by Gasteiger charge is -2.19. The lowest BCUT2D eigenvalue weighted by Crippen LogP contribution is -2.24. The number of nitrogens with zero attached hydrogens (tertiary/aromatic N) is 4. The highest BCUT2D eigenvalue weighted by molar-refractivity contribution is 5.28. The topological polar surface area (TPSA) is 47.7 Å². The van der Waals surface area contributed by atoms with Crippen LogP contribution in [0.2, 0.25) is 0 Å². The zero-order valence-electron chi connectivity index (χ0n) is 13.8. The van der Waals surface area contributed by atoms with E-state index < -0.39 is 0 Å². The Bertz CT molecular complexity index is 582. The van der Waals surface area contributed by atoms with E-state index in [1.807, 2.05) is 24.1 Å². The van der Waals surface area contributed by atoms with Gasteiger partial charge in [0.25, 0.3) is 0 Å². The van der Waals surface area contributed by atoms with Gasteiger partial charge in [-0.05, 0) is 33.2 Å². The van der Waals surface area contributed by atoms with E-state index in [0.717, 1.165) is 37.3 Å². The Morgan fingerprint density at radius 3 is 2.57 bits per heavy atom. The highest BCUT2D eigenvalue weighted by atomic mass is 15.3. The first-order valence-corrected chi connectivity index (χ1v) is 7.74. The Morgan fingerprint density at radius 1 is 1.29 bits per heavy atom. The van der Waals surface area contributed by atoms with Gasteiger partial charge in [0.1, 0.15) is 5.82 Å². The van der Waals surface area contributed by atoms with Crippen molar-refractivity contribution in [3.05, 3.63) is 35.2 Å². The quantitative estimate of drug-likeness (QED) is 0.851. The second-order valence-electron chi connectivity index (χ2n) is 5.71. The molecule has 0 aliphatic carbocycles. The van der Waals surface area contributed by atoms with E-state index in [9.17, 15) is 0 Å². The predicted molar refractivity (Wildman–Crippen MR) is 85.2 cm³/mol. The minimum atomic E-state index is 0.343. The molecule has 0 spiro atoms. The van der Waals surface area contributed by atoms with Crippen LogP contribution in [0.5, 0.6) is 0 Å². The minimum Gasteiger partial charge on any atom is -0.338 e. The molecule has 2 rings (SSSR count). The molecular formula is C16H27N5. The summed E-state index contributed by atoms with van der Waals surface area (Å²) in [5.74, 6) is 1.14. The van der Waals surface area contributed by atoms with Crippen LogP contribution in [0.4, 0.5) is 0 Å². The highest BCUT2D eigenvalue weighted by Gasteiger charge is 2.20. The molecular weight excluding hydrogens is 262 g/mol. The van der Waals surface area contributed by atoms with Crippen LogP contribution >= 0.6 is 0 Å². The summed E-state index contributed by atoms with van der Waals surface area (Å²) in [6, 6.07) is 0.343. The summed E-state index contributed by atoms with van der Waals surface area (Å²) in [5.41, 5.74) is 3.73. The maximum absolute atomic E-state index is 4.56. The molecule has 1 atom stereocenters. The number of nitrogens with one attached hydrogen (secondary N) is 1. The summed E-state index contributed by atoms with van der Waals surface area (Å²) in [6.45, 7) is 7.48. The molecule has 2 aromatic heterocycles. The summed E-state index contributed by atoms with van der Waals surface area (Å²) in [7, 11) is 4.07. The molecule has 0 aliphatic rings. The first kappa shape index (κ1) is 15.8. The molecule has 116 valence electrons. The molecule has 0 saturated heterocycles. The van der Waals surface area contributed by atoms with Crippen molar-refractivity contribution in [3.8, 4) is 0 Å². The molecule has 0 fully saturated rings. The first-order chi connectivity index (χ1) is 10.0. The third kappa shape index (κ3) is 3.53. The molecule has 5 heteroatoms. The highest BCUT2D eigenvalue weighted by Crippen LogP contribution is 2.25. The standard InChI is InChI=1S/C16H27N5/c1-6-9-17-14(7-8-15-18-10-11-20(15)4)16-12(2)19-21(5)13(16)3/h10-11,14,17H,6-9H2,1-5H3. The zero-order valence-corrected chi connectivity index (χ0v) is 13.8. The smallest absolute Gasteiger partial charge is 0.108 e. The van der Waals surface area contributed by atoms with Crippen molar-refractivity contribution >= 4 is 0 Å². The van der Waals surface area contributed by atoms with E-state index in [0.29, 0.717) is 6.04 Å². The molecule has 1 unspecified atom stereocenters. The van der Waals surface area contributed by atoms with Crippen LogP contribution in [-0.4, -0.2) is 25.9 Å². The zero-order chi connectivity index (χ0) is 15.4. The van der Waals surface area contributed by atoms with E-state index >= 15 is 0 Å². The van der Waals surface area contributed by atoms with E-state index in [-0.39, 0.29) is 0 Å². The van der Waals surface area contributed by atoms with Crippen LogP contribution in [-0.2, 0) is 20.5 Å². The summed E-state index contributed by atoms with van der Waals surface area (Å²) in [5, 5.41) is 8.23. The van der Waals surface area contributed by atoms with Crippen LogP contribution in [0.15, 0.2) is 12.4 Å². The van der Waals surface area contributed by atoms with Crippen LogP contribution in [0.1, 0.15) is 48.6 Å². The number of hydrogen-bond acceptors (Lipinski definition) is 3. The summed E-state index contributed by atoms with van der Waals surface area (Å²) in [6.07, 6.45) is 7.02. The molecule has 0 aliphatic heterocycles. The number of aromatic nitrogens is 4. The fourth-order valence-corrected chi connectivity index (χ4v) is 2.87. The average Bonchev–Trinajstić information content (AvgIpc) is 2.96. The van der Waals surface area contributed by atoms with Gasteiger partial charge in [-0.2, -0.15) is 5.10 Å². The lowest BCUT2D eigenvalue weighted by molar-refractivity contribution is 0.487. The van der Waals surface area contributed by atoms with Crippen molar-refractivity contribution < 1.29 is 0 Å². The van der Waals surface area contributed by atoms with E-state index in [1.54, 1.807) is 0 Å². The van der Waals surface area contributed by atoms with E-state index in [1.165, 1.54) is 11.3 Å². The third-order valence-electron chi connectivity index (χ3n) is 4.13. The second-order valence-corrected chi connectivity index (χ2v) is 5.71. The Balaban J connectivity index is 2.16. The van der Waals surface area contributed by atoms with Gasteiger partial charge < -0.3 is 9.88 Å². The first-order valence-electron chi connectivity index (χ1n) is 7.74. The second kappa shape index (κ2) is 6.89. The number of aryl methyl sites for hydroxylation is 4. The molecule has 0 bridgehead atoms. The van der Waals surface area contributed by atoms with Gasteiger partial charge in [0.05, 0.1) is 5.69 Å². The van der Waals surface area contributed by atoms with Gasteiger partial charge in [-0.1, -0.05) is 6.92 Å². The molecule has 2 heterocycles. The summed E-state index contributed by atoms with van der Waals surface area (Å²) in [4.78, 5) is 4.43. The normalized spacial score (nSPS) is 12.8. The van der Waals surface area contributed by atoms with Gasteiger partial charge in [0.2, 0.25) is 0 Å². The molecule has 0 aromatic carbocycles. The summed E-state index contributed by atoms with van der Waals surface area (Å²) < 4.78 is 4.08. The maximum atomic E-state index is 4.56. The largest absolute Gasteiger partial charge is 0.338 e. The van der Waals surface area contributed by atoms with Crippen LogP contribution in [0.3, 0.4) is 0 Å². The third-order valence-corrected chi connectivity index (χ3v) is 4.13. The van der Waals surface area contributed by atoms with Gasteiger partial charge in [0, 0.05) is 50.2 Å². The van der Waals surface area contributed by atoms with Crippen LogP contribution in [0.25, 0.3) is 0 Å². The molecule has 5 nitrogen and oxygen atoms in total. The SMILES string of the molecule is CCCNC(CCc1nccn1C)c1c(C)nn(C)c1C. The number of rotatable bonds is 7. The van der Waals surface area contributed by atoms with Crippen molar-refractivity contribution in [3.63, 3.8) is 0 Å². The molecule has 1 N–H and O–H groups in total. The van der Waals surface area contributed by atoms with Crippen molar-refractivity contribution in [2.75, 3.05) is 6.54 Å². The average molecular weight is 289 g/mol. The molecule has 0 amide bonds. The minimum absolute atomic E-state index is 0.343. The van der Waals surface area contributed by atoms with Gasteiger partial charge >= 0.3 is 0 Å². The lowest BCUT2D eigenvalue weighted by atomic mass is 9.99. The van der Waals surface area contributed by atoms with Crippen molar-refractivity contribution in [2.45, 2.75) is 46.1 Å². The number of imidazole rings is 1. The molecule has 0 radical (unpaired) electrons. The fraction of sp³-hybridized carbons (Fsp3) is 0.625. The number of hydrogen-bond donors (Lipinski definition) is 1. The van der Waals surface area contributed by atoms with Crippen molar-refractivity contribution in [1.29, 1.82) is 0 Å². The Hall–Kier alpha value is -1.62. The fourth-order valence-electron chi connectivity index (χ4n) is 2.87. The van der Waals surface area contributed by atoms with Gasteiger partial charge in [-0.25, -0.2) is 4.98 Å². The van der Waals surface area contributed by atoms with Gasteiger partial charge in [-0.15, -0.1) is 0 Å². The Labute approximate surface area is 127 Å². The summed E-state index contributed by atoms with van der Waals surface area (Å²) >= 11 is 0. The van der Waals surface area contributed by atoms with Crippen LogP contribution < -0.4 is 5.32 Å². The van der Waals surface area contributed by atoms with Crippen molar-refractivity contribution in [2.24, 2.45) is 14.1 Å². The maximum Gasteiger partial charge on any atom is 0.108 e. The van der Waals surface area contributed by atoms with Gasteiger partial charge in [0.15, 0.2) is 0 Å². The van der Waals surface area contributed by atoms with Crippen molar-refractivity contribution in [1.82, 2.24) is 24.6 Å². The molecule has 0 saturated carbocycles. The van der Waals surface area contributed by atoms with E-state index in [2.05, 4.69) is 47.8 Å². The van der Waals surface area contributed by atoms with Gasteiger partial charge in [-0.3, -0.25) is 4.68 Å². The predicted octanol–water partition coefficient (Wildman–Crippen LogP) is 2.44. The Kier molecular flexibility index (Phi) is 5.17. The molecule has 2 aromatic rings. The molecule has 21 heavy (non-hydrogen) atoms. The Morgan fingerprint density at radius 2 is 2.05 bits per heavy atom. The van der Waals surface area contributed by atoms with Crippen LogP contribution in [0, 0.1) is 13.8 Å².